The van der Waals surface area contributed by atoms with E-state index in [1.165, 1.54) is 56.3 Å². The Balaban J connectivity index is 2.06. The summed E-state index contributed by atoms with van der Waals surface area (Å²) in [5.41, 5.74) is 4.91. The summed E-state index contributed by atoms with van der Waals surface area (Å²) in [6.45, 7) is 2.22. The lowest BCUT2D eigenvalue weighted by atomic mass is 9.72. The van der Waals surface area contributed by atoms with Crippen molar-refractivity contribution in [2.45, 2.75) is 57.3 Å². The molecule has 0 saturated heterocycles. The zero-order chi connectivity index (χ0) is 10.5. The molecule has 1 fully saturated rings. The zero-order valence-corrected chi connectivity index (χ0v) is 9.84. The van der Waals surface area contributed by atoms with Gasteiger partial charge in [-0.2, -0.15) is 5.10 Å². The number of rotatable bonds is 0. The van der Waals surface area contributed by atoms with Crippen LogP contribution in [-0.4, -0.2) is 9.78 Å². The molecule has 0 atom stereocenters. The molecule has 2 nitrogen and oxygen atoms in total. The third kappa shape index (κ3) is 1.20. The molecule has 2 heteroatoms. The van der Waals surface area contributed by atoms with E-state index in [9.17, 15) is 0 Å². The minimum absolute atomic E-state index is 0.486. The summed E-state index contributed by atoms with van der Waals surface area (Å²) in [4.78, 5) is 0. The number of aromatic nitrogens is 2. The molecular weight excluding hydrogens is 184 g/mol. The van der Waals surface area contributed by atoms with Crippen molar-refractivity contribution in [2.75, 3.05) is 0 Å². The summed E-state index contributed by atoms with van der Waals surface area (Å²) in [5.74, 6) is 0. The monoisotopic (exact) mass is 204 g/mol. The van der Waals surface area contributed by atoms with Gasteiger partial charge < -0.3 is 0 Å². The van der Waals surface area contributed by atoms with Gasteiger partial charge in [-0.15, -0.1) is 0 Å². The average Bonchev–Trinajstić information content (AvgIpc) is 2.72. The Kier molecular flexibility index (Phi) is 1.95. The molecule has 1 heterocycles. The molecule has 2 aliphatic rings. The lowest BCUT2D eigenvalue weighted by molar-refractivity contribution is 0.282. The molecule has 1 aromatic rings. The van der Waals surface area contributed by atoms with Crippen LogP contribution in [0.25, 0.3) is 0 Å². The number of hydrogen-bond donors (Lipinski definition) is 0. The van der Waals surface area contributed by atoms with Gasteiger partial charge in [-0.3, -0.25) is 4.68 Å². The quantitative estimate of drug-likeness (QED) is 0.635. The highest BCUT2D eigenvalue weighted by Crippen LogP contribution is 2.48. The van der Waals surface area contributed by atoms with E-state index < -0.39 is 0 Å². The Hall–Kier alpha value is -0.790. The minimum atomic E-state index is 0.486. The Morgan fingerprint density at radius 2 is 1.87 bits per heavy atom. The molecule has 1 saturated carbocycles. The first-order valence-electron chi connectivity index (χ1n) is 6.26. The fourth-order valence-electron chi connectivity index (χ4n) is 3.58. The third-order valence-electron chi connectivity index (χ3n) is 4.62. The van der Waals surface area contributed by atoms with Crippen LogP contribution >= 0.6 is 0 Å². The van der Waals surface area contributed by atoms with Gasteiger partial charge in [-0.25, -0.2) is 0 Å². The van der Waals surface area contributed by atoms with Gasteiger partial charge in [0.05, 0.1) is 5.69 Å². The second-order valence-corrected chi connectivity index (χ2v) is 5.38. The standard InChI is InChI=1S/C13H20N2/c1-10-11-6-9-13(7-4-3-5-8-13)12(11)14-15(10)2/h3-9H2,1-2H3. The number of hydrogen-bond acceptors (Lipinski definition) is 1. The van der Waals surface area contributed by atoms with Crippen molar-refractivity contribution in [1.82, 2.24) is 9.78 Å². The van der Waals surface area contributed by atoms with Crippen LogP contribution < -0.4 is 0 Å². The van der Waals surface area contributed by atoms with Crippen LogP contribution in [0.4, 0.5) is 0 Å². The van der Waals surface area contributed by atoms with E-state index in [0.717, 1.165) is 0 Å². The molecule has 0 amide bonds. The highest BCUT2D eigenvalue weighted by molar-refractivity contribution is 5.37. The van der Waals surface area contributed by atoms with E-state index in [1.807, 2.05) is 0 Å². The van der Waals surface area contributed by atoms with Crippen molar-refractivity contribution in [3.63, 3.8) is 0 Å². The lowest BCUT2D eigenvalue weighted by Crippen LogP contribution is -2.27. The van der Waals surface area contributed by atoms with Crippen molar-refractivity contribution in [2.24, 2.45) is 7.05 Å². The first-order valence-corrected chi connectivity index (χ1v) is 6.26. The van der Waals surface area contributed by atoms with Crippen molar-refractivity contribution < 1.29 is 0 Å². The Labute approximate surface area is 91.7 Å². The summed E-state index contributed by atoms with van der Waals surface area (Å²) in [7, 11) is 2.09. The zero-order valence-electron chi connectivity index (χ0n) is 9.84. The SMILES string of the molecule is Cc1c2c(nn1C)C1(CCCCC1)CC2. The Morgan fingerprint density at radius 1 is 1.13 bits per heavy atom. The van der Waals surface area contributed by atoms with Crippen molar-refractivity contribution in [3.8, 4) is 0 Å². The number of fused-ring (bicyclic) bond motifs is 2. The average molecular weight is 204 g/mol. The second kappa shape index (κ2) is 3.10. The molecule has 0 unspecified atom stereocenters. The molecule has 0 radical (unpaired) electrons. The van der Waals surface area contributed by atoms with Crippen molar-refractivity contribution in [1.29, 1.82) is 0 Å². The predicted octanol–water partition coefficient (Wildman–Crippen LogP) is 2.88. The van der Waals surface area contributed by atoms with Crippen molar-refractivity contribution in [3.05, 3.63) is 17.0 Å². The molecule has 3 rings (SSSR count). The van der Waals surface area contributed by atoms with Gasteiger partial charge in [0.15, 0.2) is 0 Å². The Bertz CT molecular complexity index is 383. The van der Waals surface area contributed by atoms with Crippen molar-refractivity contribution >= 4 is 0 Å². The number of aryl methyl sites for hydroxylation is 1. The molecule has 15 heavy (non-hydrogen) atoms. The molecule has 0 aromatic carbocycles. The molecule has 0 bridgehead atoms. The highest BCUT2D eigenvalue weighted by Gasteiger charge is 2.42. The molecule has 1 aromatic heterocycles. The summed E-state index contributed by atoms with van der Waals surface area (Å²) in [6, 6.07) is 0. The molecule has 2 aliphatic carbocycles. The van der Waals surface area contributed by atoms with E-state index in [0.29, 0.717) is 5.41 Å². The second-order valence-electron chi connectivity index (χ2n) is 5.38. The summed E-state index contributed by atoms with van der Waals surface area (Å²) in [5, 5.41) is 4.78. The van der Waals surface area contributed by atoms with E-state index in [4.69, 9.17) is 5.10 Å². The number of nitrogens with zero attached hydrogens (tertiary/aromatic N) is 2. The first-order chi connectivity index (χ1) is 7.23. The van der Waals surface area contributed by atoms with Gasteiger partial charge in [-0.05, 0) is 38.2 Å². The van der Waals surface area contributed by atoms with E-state index >= 15 is 0 Å². The molecule has 1 spiro atoms. The normalized spacial score (nSPS) is 23.3. The minimum Gasteiger partial charge on any atom is -0.272 e. The summed E-state index contributed by atoms with van der Waals surface area (Å²) in [6.07, 6.45) is 9.67. The van der Waals surface area contributed by atoms with Gasteiger partial charge in [0.2, 0.25) is 0 Å². The predicted molar refractivity (Wildman–Crippen MR) is 61.0 cm³/mol. The smallest absolute Gasteiger partial charge is 0.0720 e. The fraction of sp³-hybridized carbons (Fsp3) is 0.769. The molecule has 82 valence electrons. The van der Waals surface area contributed by atoms with Gasteiger partial charge in [-0.1, -0.05) is 19.3 Å². The van der Waals surface area contributed by atoms with Crippen LogP contribution in [0.2, 0.25) is 0 Å². The van der Waals surface area contributed by atoms with E-state index in [1.54, 1.807) is 5.56 Å². The Morgan fingerprint density at radius 3 is 2.60 bits per heavy atom. The first kappa shape index (κ1) is 9.44. The van der Waals surface area contributed by atoms with Gasteiger partial charge >= 0.3 is 0 Å². The van der Waals surface area contributed by atoms with E-state index in [2.05, 4.69) is 18.7 Å². The van der Waals surface area contributed by atoms with Crippen LogP contribution in [-0.2, 0) is 18.9 Å². The van der Waals surface area contributed by atoms with Gasteiger partial charge in [0, 0.05) is 18.2 Å². The maximum Gasteiger partial charge on any atom is 0.0720 e. The largest absolute Gasteiger partial charge is 0.272 e. The molecule has 0 aliphatic heterocycles. The van der Waals surface area contributed by atoms with Crippen LogP contribution in [0, 0.1) is 6.92 Å². The summed E-state index contributed by atoms with van der Waals surface area (Å²) >= 11 is 0. The van der Waals surface area contributed by atoms with Gasteiger partial charge in [0.25, 0.3) is 0 Å². The van der Waals surface area contributed by atoms with Crippen LogP contribution in [0.15, 0.2) is 0 Å². The lowest BCUT2D eigenvalue weighted by Gasteiger charge is -2.32. The van der Waals surface area contributed by atoms with E-state index in [-0.39, 0.29) is 0 Å². The highest BCUT2D eigenvalue weighted by atomic mass is 15.3. The maximum absolute atomic E-state index is 4.78. The van der Waals surface area contributed by atoms with Crippen LogP contribution in [0.5, 0.6) is 0 Å². The fourth-order valence-corrected chi connectivity index (χ4v) is 3.58. The van der Waals surface area contributed by atoms with Crippen LogP contribution in [0.1, 0.15) is 55.5 Å². The van der Waals surface area contributed by atoms with Gasteiger partial charge in [0.1, 0.15) is 0 Å². The molecule has 0 N–H and O–H groups in total. The third-order valence-corrected chi connectivity index (χ3v) is 4.62. The van der Waals surface area contributed by atoms with Crippen LogP contribution in [0.3, 0.4) is 0 Å². The molecular formula is C13H20N2. The summed E-state index contributed by atoms with van der Waals surface area (Å²) < 4.78 is 2.08. The topological polar surface area (TPSA) is 17.8 Å². The maximum atomic E-state index is 4.78.